The van der Waals surface area contributed by atoms with Crippen LogP contribution in [0.2, 0.25) is 0 Å². The van der Waals surface area contributed by atoms with Crippen LogP contribution in [-0.2, 0) is 5.41 Å². The molecule has 11 aromatic rings. The molecule has 0 radical (unpaired) electrons. The SMILES string of the molecule is c1ccc(-c2cc(-c3nc(-c4ccccc4)nc(-c4ccc5c(c4)C4(c6ccccc6Sc6ccccc64)c4ccccc4-5)n3)cc(-c3cccc4c3oc3ccccc34)c2)cc1. The highest BCUT2D eigenvalue weighted by atomic mass is 32.2. The van der Waals surface area contributed by atoms with Gasteiger partial charge in [0.1, 0.15) is 11.2 Å². The van der Waals surface area contributed by atoms with Gasteiger partial charge in [0.25, 0.3) is 0 Å². The summed E-state index contributed by atoms with van der Waals surface area (Å²) in [5, 5.41) is 2.18. The number of benzene rings is 9. The van der Waals surface area contributed by atoms with Gasteiger partial charge in [0.05, 0.1) is 5.41 Å². The van der Waals surface area contributed by atoms with Crippen molar-refractivity contribution >= 4 is 33.7 Å². The zero-order valence-electron chi connectivity index (χ0n) is 33.9. The molecule has 294 valence electrons. The molecular formula is C58H35N3OS. The summed E-state index contributed by atoms with van der Waals surface area (Å²) in [4.78, 5) is 18.5. The summed E-state index contributed by atoms with van der Waals surface area (Å²) in [6.45, 7) is 0. The zero-order chi connectivity index (χ0) is 41.5. The molecule has 9 aromatic carbocycles. The van der Waals surface area contributed by atoms with E-state index in [1.807, 2.05) is 42.1 Å². The van der Waals surface area contributed by atoms with E-state index in [0.29, 0.717) is 17.5 Å². The van der Waals surface area contributed by atoms with Gasteiger partial charge in [-0.3, -0.25) is 0 Å². The minimum atomic E-state index is -0.519. The summed E-state index contributed by atoms with van der Waals surface area (Å²) in [7, 11) is 0. The second-order valence-electron chi connectivity index (χ2n) is 16.3. The Morgan fingerprint density at radius 2 is 0.873 bits per heavy atom. The molecular weight excluding hydrogens is 787 g/mol. The summed E-state index contributed by atoms with van der Waals surface area (Å²) in [5.41, 5.74) is 15.7. The molecule has 4 nitrogen and oxygen atoms in total. The standard InChI is InChI=1S/C58H35N3OS/c1-3-16-36(17-4-1)39-32-40(42-22-15-23-46-45-21-8-12-27-51(45)62-54(42)46)34-41(33-39)57-60-55(37-18-5-2-6-19-37)59-56(61-57)38-30-31-44-43-20-7-9-24-47(43)58(50(44)35-38)48-25-10-13-28-52(48)63-53-29-14-11-26-49(53)58/h1-35H. The first-order valence-corrected chi connectivity index (χ1v) is 22.1. The lowest BCUT2D eigenvalue weighted by atomic mass is 9.67. The van der Waals surface area contributed by atoms with Gasteiger partial charge in [0.2, 0.25) is 0 Å². The molecule has 0 fully saturated rings. The van der Waals surface area contributed by atoms with E-state index >= 15 is 0 Å². The van der Waals surface area contributed by atoms with Gasteiger partial charge < -0.3 is 4.42 Å². The second kappa shape index (κ2) is 14.1. The van der Waals surface area contributed by atoms with Crippen molar-refractivity contribution in [3.63, 3.8) is 0 Å². The van der Waals surface area contributed by atoms with Gasteiger partial charge in [-0.2, -0.15) is 0 Å². The molecule has 63 heavy (non-hydrogen) atoms. The molecule has 3 heterocycles. The fourth-order valence-electron chi connectivity index (χ4n) is 10.0. The molecule has 0 atom stereocenters. The molecule has 0 unspecified atom stereocenters. The van der Waals surface area contributed by atoms with Gasteiger partial charge >= 0.3 is 0 Å². The Morgan fingerprint density at radius 3 is 1.63 bits per heavy atom. The first-order valence-electron chi connectivity index (χ1n) is 21.3. The number of para-hydroxylation sites is 2. The minimum absolute atomic E-state index is 0.519. The molecule has 0 bridgehead atoms. The molecule has 0 N–H and O–H groups in total. The first kappa shape index (κ1) is 35.9. The molecule has 2 aliphatic rings. The van der Waals surface area contributed by atoms with E-state index in [1.54, 1.807) is 0 Å². The van der Waals surface area contributed by atoms with E-state index in [1.165, 1.54) is 43.2 Å². The molecule has 1 aliphatic heterocycles. The number of nitrogens with zero attached hydrogens (tertiary/aromatic N) is 3. The van der Waals surface area contributed by atoms with Crippen LogP contribution >= 0.6 is 11.8 Å². The lowest BCUT2D eigenvalue weighted by molar-refractivity contribution is 0.670. The van der Waals surface area contributed by atoms with Crippen LogP contribution in [0.25, 0.3) is 89.5 Å². The van der Waals surface area contributed by atoms with E-state index in [2.05, 4.69) is 182 Å². The largest absolute Gasteiger partial charge is 0.455 e. The number of rotatable bonds is 5. The zero-order valence-corrected chi connectivity index (χ0v) is 34.7. The Kier molecular flexibility index (Phi) is 8.02. The lowest BCUT2D eigenvalue weighted by Gasteiger charge is -2.39. The fraction of sp³-hybridized carbons (Fsp3) is 0.0172. The van der Waals surface area contributed by atoms with Crippen molar-refractivity contribution in [3.8, 4) is 67.5 Å². The molecule has 1 spiro atoms. The predicted octanol–water partition coefficient (Wildman–Crippen LogP) is 14.9. The molecule has 0 saturated carbocycles. The maximum absolute atomic E-state index is 6.59. The van der Waals surface area contributed by atoms with E-state index in [9.17, 15) is 0 Å². The van der Waals surface area contributed by atoms with Crippen LogP contribution in [0, 0.1) is 0 Å². The smallest absolute Gasteiger partial charge is 0.164 e. The summed E-state index contributed by atoms with van der Waals surface area (Å²) in [5.74, 6) is 1.83. The van der Waals surface area contributed by atoms with E-state index in [4.69, 9.17) is 19.4 Å². The Labute approximate surface area is 368 Å². The Bertz CT molecular complexity index is 3570. The molecule has 13 rings (SSSR count). The van der Waals surface area contributed by atoms with Crippen molar-refractivity contribution in [2.75, 3.05) is 0 Å². The van der Waals surface area contributed by atoms with Crippen LogP contribution in [0.3, 0.4) is 0 Å². The quantitative estimate of drug-likeness (QED) is 0.173. The van der Waals surface area contributed by atoms with Crippen LogP contribution in [0.1, 0.15) is 22.3 Å². The molecule has 5 heteroatoms. The number of fused-ring (bicyclic) bond motifs is 12. The highest BCUT2D eigenvalue weighted by molar-refractivity contribution is 7.99. The number of aromatic nitrogens is 3. The van der Waals surface area contributed by atoms with Crippen molar-refractivity contribution in [2.45, 2.75) is 15.2 Å². The average Bonchev–Trinajstić information content (AvgIpc) is 3.88. The highest BCUT2D eigenvalue weighted by Crippen LogP contribution is 2.62. The maximum atomic E-state index is 6.59. The van der Waals surface area contributed by atoms with E-state index in [-0.39, 0.29) is 0 Å². The third-order valence-electron chi connectivity index (χ3n) is 12.8. The van der Waals surface area contributed by atoms with Gasteiger partial charge in [-0.25, -0.2) is 15.0 Å². The van der Waals surface area contributed by atoms with Crippen molar-refractivity contribution in [1.29, 1.82) is 0 Å². The van der Waals surface area contributed by atoms with Gasteiger partial charge in [0, 0.05) is 42.8 Å². The summed E-state index contributed by atoms with van der Waals surface area (Å²) in [6, 6.07) is 75.6. The maximum Gasteiger partial charge on any atom is 0.164 e. The normalized spacial score (nSPS) is 13.1. The molecule has 2 aromatic heterocycles. The summed E-state index contributed by atoms with van der Waals surface area (Å²) in [6.07, 6.45) is 0. The third-order valence-corrected chi connectivity index (χ3v) is 13.9. The van der Waals surface area contributed by atoms with Crippen molar-refractivity contribution < 1.29 is 4.42 Å². The lowest BCUT2D eigenvalue weighted by Crippen LogP contribution is -2.31. The topological polar surface area (TPSA) is 51.8 Å². The van der Waals surface area contributed by atoms with E-state index in [0.717, 1.165) is 60.9 Å². The van der Waals surface area contributed by atoms with Gasteiger partial charge in [0.15, 0.2) is 17.5 Å². The van der Waals surface area contributed by atoms with Gasteiger partial charge in [-0.05, 0) is 92.5 Å². The number of furan rings is 1. The van der Waals surface area contributed by atoms with Crippen molar-refractivity contribution in [2.24, 2.45) is 0 Å². The molecule has 0 saturated heterocycles. The predicted molar refractivity (Wildman–Crippen MR) is 256 cm³/mol. The van der Waals surface area contributed by atoms with Crippen LogP contribution in [0.4, 0.5) is 0 Å². The second-order valence-corrected chi connectivity index (χ2v) is 17.4. The molecule has 1 aliphatic carbocycles. The van der Waals surface area contributed by atoms with Crippen LogP contribution in [0.5, 0.6) is 0 Å². The van der Waals surface area contributed by atoms with Crippen LogP contribution in [-0.4, -0.2) is 15.0 Å². The Balaban J connectivity index is 1.05. The van der Waals surface area contributed by atoms with Crippen LogP contribution < -0.4 is 0 Å². The van der Waals surface area contributed by atoms with Crippen molar-refractivity contribution in [1.82, 2.24) is 15.0 Å². The Morgan fingerprint density at radius 1 is 0.333 bits per heavy atom. The fourth-order valence-corrected chi connectivity index (χ4v) is 11.2. The Hall–Kier alpha value is -7.86. The van der Waals surface area contributed by atoms with Crippen LogP contribution in [0.15, 0.2) is 227 Å². The molecule has 0 amide bonds. The average molecular weight is 822 g/mol. The number of hydrogen-bond acceptors (Lipinski definition) is 5. The third kappa shape index (κ3) is 5.53. The van der Waals surface area contributed by atoms with E-state index < -0.39 is 5.41 Å². The summed E-state index contributed by atoms with van der Waals surface area (Å²) < 4.78 is 6.59. The van der Waals surface area contributed by atoms with Gasteiger partial charge in [-0.1, -0.05) is 182 Å². The van der Waals surface area contributed by atoms with Crippen molar-refractivity contribution in [3.05, 3.63) is 235 Å². The minimum Gasteiger partial charge on any atom is -0.455 e. The number of hydrogen-bond donors (Lipinski definition) is 0. The summed E-state index contributed by atoms with van der Waals surface area (Å²) >= 11 is 1.85. The first-order chi connectivity index (χ1) is 31.2. The van der Waals surface area contributed by atoms with Gasteiger partial charge in [-0.15, -0.1) is 0 Å². The monoisotopic (exact) mass is 821 g/mol. The highest BCUT2D eigenvalue weighted by Gasteiger charge is 2.50.